The van der Waals surface area contributed by atoms with Crippen LogP contribution in [0.25, 0.3) is 0 Å². The number of aromatic nitrogens is 1. The van der Waals surface area contributed by atoms with E-state index in [0.717, 1.165) is 11.4 Å². The maximum Gasteiger partial charge on any atom is 0.255 e. The number of amides is 1. The van der Waals surface area contributed by atoms with Crippen molar-refractivity contribution in [3.8, 4) is 6.07 Å². The van der Waals surface area contributed by atoms with Crippen LogP contribution in [0.1, 0.15) is 42.0 Å². The van der Waals surface area contributed by atoms with E-state index in [1.54, 1.807) is 4.90 Å². The van der Waals surface area contributed by atoms with Gasteiger partial charge in [-0.1, -0.05) is 13.8 Å². The smallest absolute Gasteiger partial charge is 0.255 e. The van der Waals surface area contributed by atoms with E-state index in [-0.39, 0.29) is 5.91 Å². The maximum absolute atomic E-state index is 12.5. The molecule has 4 nitrogen and oxygen atoms in total. The molecule has 0 saturated heterocycles. The number of hydrogen-bond acceptors (Lipinski definition) is 3. The second-order valence-electron chi connectivity index (χ2n) is 5.14. The second kappa shape index (κ2) is 6.89. The van der Waals surface area contributed by atoms with Crippen molar-refractivity contribution in [3.63, 3.8) is 0 Å². The van der Waals surface area contributed by atoms with Crippen molar-refractivity contribution in [1.29, 1.82) is 5.26 Å². The molecular weight excluding hydrogens is 238 g/mol. The summed E-state index contributed by atoms with van der Waals surface area (Å²) in [5.74, 6) is 0.343. The van der Waals surface area contributed by atoms with Crippen molar-refractivity contribution in [1.82, 2.24) is 9.88 Å². The van der Waals surface area contributed by atoms with Gasteiger partial charge in [0.25, 0.3) is 5.91 Å². The van der Waals surface area contributed by atoms with Crippen LogP contribution in [0, 0.1) is 31.1 Å². The summed E-state index contributed by atoms with van der Waals surface area (Å²) in [6, 6.07) is 5.76. The maximum atomic E-state index is 12.5. The molecule has 1 amide bonds. The van der Waals surface area contributed by atoms with Crippen LogP contribution in [-0.2, 0) is 0 Å². The van der Waals surface area contributed by atoms with Gasteiger partial charge in [0.05, 0.1) is 23.7 Å². The molecule has 0 aliphatic heterocycles. The van der Waals surface area contributed by atoms with E-state index in [2.05, 4.69) is 24.9 Å². The predicted molar refractivity (Wildman–Crippen MR) is 74.7 cm³/mol. The van der Waals surface area contributed by atoms with Gasteiger partial charge < -0.3 is 4.90 Å². The summed E-state index contributed by atoms with van der Waals surface area (Å²) in [7, 11) is 0. The fourth-order valence-electron chi connectivity index (χ4n) is 1.98. The Morgan fingerprint density at radius 2 is 2.11 bits per heavy atom. The summed E-state index contributed by atoms with van der Waals surface area (Å²) in [5.41, 5.74) is 2.28. The van der Waals surface area contributed by atoms with Crippen LogP contribution in [0.2, 0.25) is 0 Å². The van der Waals surface area contributed by atoms with Crippen LogP contribution in [0.3, 0.4) is 0 Å². The normalized spacial score (nSPS) is 10.3. The van der Waals surface area contributed by atoms with Crippen LogP contribution in [0.15, 0.2) is 12.1 Å². The summed E-state index contributed by atoms with van der Waals surface area (Å²) in [6.45, 7) is 9.01. The molecule has 0 unspecified atom stereocenters. The minimum Gasteiger partial charge on any atom is -0.337 e. The third-order valence-electron chi connectivity index (χ3n) is 2.82. The topological polar surface area (TPSA) is 57.0 Å². The minimum atomic E-state index is -0.0334. The molecule has 0 fully saturated rings. The third kappa shape index (κ3) is 4.36. The van der Waals surface area contributed by atoms with E-state index in [4.69, 9.17) is 5.26 Å². The highest BCUT2D eigenvalue weighted by Gasteiger charge is 2.18. The van der Waals surface area contributed by atoms with Gasteiger partial charge in [-0.25, -0.2) is 0 Å². The monoisotopic (exact) mass is 259 g/mol. The molecule has 0 aromatic carbocycles. The summed E-state index contributed by atoms with van der Waals surface area (Å²) in [6.07, 6.45) is 0.358. The average Bonchev–Trinajstić information content (AvgIpc) is 2.33. The molecule has 4 heteroatoms. The van der Waals surface area contributed by atoms with E-state index in [0.29, 0.717) is 31.0 Å². The molecule has 0 bridgehead atoms. The van der Waals surface area contributed by atoms with Gasteiger partial charge in [0.2, 0.25) is 0 Å². The SMILES string of the molecule is Cc1ccc(C(=O)N(CCC#N)CC(C)C)c(C)n1. The van der Waals surface area contributed by atoms with Gasteiger partial charge in [-0.2, -0.15) is 5.26 Å². The first-order valence-corrected chi connectivity index (χ1v) is 6.56. The lowest BCUT2D eigenvalue weighted by atomic mass is 10.1. The molecule has 102 valence electrons. The number of carbonyl (C=O) groups excluding carboxylic acids is 1. The standard InChI is InChI=1S/C15H21N3O/c1-11(2)10-18(9-5-8-16)15(19)14-7-6-12(3)17-13(14)4/h6-7,11H,5,9-10H2,1-4H3. The molecule has 0 radical (unpaired) electrons. The van der Waals surface area contributed by atoms with Crippen LogP contribution < -0.4 is 0 Å². The van der Waals surface area contributed by atoms with Gasteiger partial charge in [0.1, 0.15) is 0 Å². The predicted octanol–water partition coefficient (Wildman–Crippen LogP) is 2.71. The molecule has 1 heterocycles. The number of pyridine rings is 1. The van der Waals surface area contributed by atoms with Gasteiger partial charge in [-0.3, -0.25) is 9.78 Å². The zero-order valence-corrected chi connectivity index (χ0v) is 12.1. The lowest BCUT2D eigenvalue weighted by molar-refractivity contribution is 0.0738. The van der Waals surface area contributed by atoms with Crippen molar-refractivity contribution in [3.05, 3.63) is 29.1 Å². The average molecular weight is 259 g/mol. The zero-order valence-electron chi connectivity index (χ0n) is 12.1. The third-order valence-corrected chi connectivity index (χ3v) is 2.82. The highest BCUT2D eigenvalue weighted by molar-refractivity contribution is 5.95. The van der Waals surface area contributed by atoms with Crippen LogP contribution in [0.5, 0.6) is 0 Å². The molecule has 0 aliphatic rings. The van der Waals surface area contributed by atoms with E-state index < -0.39 is 0 Å². The molecule has 0 atom stereocenters. The highest BCUT2D eigenvalue weighted by atomic mass is 16.2. The molecule has 0 N–H and O–H groups in total. The van der Waals surface area contributed by atoms with Crippen LogP contribution in [-0.4, -0.2) is 28.9 Å². The largest absolute Gasteiger partial charge is 0.337 e. The van der Waals surface area contributed by atoms with Gasteiger partial charge in [-0.05, 0) is 31.9 Å². The van der Waals surface area contributed by atoms with Gasteiger partial charge >= 0.3 is 0 Å². The van der Waals surface area contributed by atoms with Crippen molar-refractivity contribution < 1.29 is 4.79 Å². The first-order chi connectivity index (χ1) is 8.95. The van der Waals surface area contributed by atoms with E-state index in [1.807, 2.05) is 26.0 Å². The van der Waals surface area contributed by atoms with Crippen molar-refractivity contribution in [2.24, 2.45) is 5.92 Å². The van der Waals surface area contributed by atoms with E-state index in [1.165, 1.54) is 0 Å². The molecular formula is C15H21N3O. The zero-order chi connectivity index (χ0) is 14.4. The van der Waals surface area contributed by atoms with Crippen molar-refractivity contribution >= 4 is 5.91 Å². The van der Waals surface area contributed by atoms with Gasteiger partial charge in [0.15, 0.2) is 0 Å². The Morgan fingerprint density at radius 3 is 2.63 bits per heavy atom. The lowest BCUT2D eigenvalue weighted by Gasteiger charge is -2.24. The number of nitrogens with zero attached hydrogens (tertiary/aromatic N) is 3. The molecule has 1 aromatic rings. The van der Waals surface area contributed by atoms with Crippen LogP contribution >= 0.6 is 0 Å². The van der Waals surface area contributed by atoms with Crippen molar-refractivity contribution in [2.45, 2.75) is 34.1 Å². The first kappa shape index (κ1) is 15.2. The summed E-state index contributed by atoms with van der Waals surface area (Å²) < 4.78 is 0. The molecule has 0 spiro atoms. The fraction of sp³-hybridized carbons (Fsp3) is 0.533. The molecule has 19 heavy (non-hydrogen) atoms. The first-order valence-electron chi connectivity index (χ1n) is 6.56. The summed E-state index contributed by atoms with van der Waals surface area (Å²) in [4.78, 5) is 18.6. The number of carbonyl (C=O) groups is 1. The fourth-order valence-corrected chi connectivity index (χ4v) is 1.98. The molecule has 0 aliphatic carbocycles. The number of hydrogen-bond donors (Lipinski definition) is 0. The Kier molecular flexibility index (Phi) is 5.50. The van der Waals surface area contributed by atoms with E-state index in [9.17, 15) is 4.79 Å². The minimum absolute atomic E-state index is 0.0334. The summed E-state index contributed by atoms with van der Waals surface area (Å²) >= 11 is 0. The Balaban J connectivity index is 2.94. The summed E-state index contributed by atoms with van der Waals surface area (Å²) in [5, 5.41) is 8.69. The Bertz CT molecular complexity index is 489. The van der Waals surface area contributed by atoms with E-state index >= 15 is 0 Å². The van der Waals surface area contributed by atoms with Crippen molar-refractivity contribution in [2.75, 3.05) is 13.1 Å². The lowest BCUT2D eigenvalue weighted by Crippen LogP contribution is -2.35. The Morgan fingerprint density at radius 1 is 1.42 bits per heavy atom. The molecule has 0 saturated carbocycles. The van der Waals surface area contributed by atoms with Gasteiger partial charge in [-0.15, -0.1) is 0 Å². The number of rotatable bonds is 5. The second-order valence-corrected chi connectivity index (χ2v) is 5.14. The number of nitriles is 1. The number of aryl methyl sites for hydroxylation is 2. The highest BCUT2D eigenvalue weighted by Crippen LogP contribution is 2.12. The molecule has 1 aromatic heterocycles. The van der Waals surface area contributed by atoms with Gasteiger partial charge in [0, 0.05) is 18.8 Å². The quantitative estimate of drug-likeness (QED) is 0.817. The molecule has 1 rings (SSSR count). The Labute approximate surface area is 115 Å². The van der Waals surface area contributed by atoms with Crippen LogP contribution in [0.4, 0.5) is 0 Å². The Hall–Kier alpha value is -1.89.